The predicted molar refractivity (Wildman–Crippen MR) is 117 cm³/mol. The van der Waals surface area contributed by atoms with Crippen LogP contribution in [-0.4, -0.2) is 55.2 Å². The molecule has 0 aliphatic heterocycles. The molecule has 0 radical (unpaired) electrons. The van der Waals surface area contributed by atoms with E-state index in [4.69, 9.17) is 18.3 Å². The number of aromatic nitrogens is 1. The number of ether oxygens (including phenoxy) is 1. The van der Waals surface area contributed by atoms with Gasteiger partial charge in [-0.15, -0.1) is 0 Å². The molecule has 0 saturated carbocycles. The zero-order valence-corrected chi connectivity index (χ0v) is 19.8. The first-order chi connectivity index (χ1) is 14.0. The molecule has 0 aliphatic rings. The Balaban J connectivity index is 2.15. The number of rotatable bonds is 10. The standard InChI is InChI=1S/C21H33N2O6P/c1-15(2)28-30(25,29-16(3)4)27-14-26-21(24)23-13-18(10-11-22(6)7)19-12-17(5)8-9-20(19)23/h8-9,12-13,15-16H,10-11,14H2,1-7H3. The zero-order valence-electron chi connectivity index (χ0n) is 18.9. The lowest BCUT2D eigenvalue weighted by molar-refractivity contribution is 0.00779. The maximum atomic E-state index is 12.7. The lowest BCUT2D eigenvalue weighted by Crippen LogP contribution is -2.17. The molecule has 1 aromatic heterocycles. The van der Waals surface area contributed by atoms with Crippen LogP contribution < -0.4 is 0 Å². The second-order valence-corrected chi connectivity index (χ2v) is 9.59. The average molecular weight is 440 g/mol. The molecule has 0 unspecified atom stereocenters. The molecule has 168 valence electrons. The lowest BCUT2D eigenvalue weighted by Gasteiger charge is -2.21. The first kappa shape index (κ1) is 24.6. The molecular weight excluding hydrogens is 407 g/mol. The third kappa shape index (κ3) is 6.93. The Morgan fingerprint density at radius 2 is 1.77 bits per heavy atom. The molecule has 0 fully saturated rings. The molecule has 0 N–H and O–H groups in total. The normalized spacial score (nSPS) is 12.5. The minimum Gasteiger partial charge on any atom is -0.421 e. The van der Waals surface area contributed by atoms with E-state index in [2.05, 4.69) is 11.0 Å². The van der Waals surface area contributed by atoms with Crippen LogP contribution in [0.3, 0.4) is 0 Å². The summed E-state index contributed by atoms with van der Waals surface area (Å²) < 4.78 is 35.1. The Morgan fingerprint density at radius 1 is 1.13 bits per heavy atom. The van der Waals surface area contributed by atoms with Crippen LogP contribution >= 0.6 is 7.82 Å². The van der Waals surface area contributed by atoms with E-state index in [1.807, 2.05) is 33.2 Å². The number of fused-ring (bicyclic) bond motifs is 1. The van der Waals surface area contributed by atoms with Gasteiger partial charge >= 0.3 is 13.9 Å². The van der Waals surface area contributed by atoms with Gasteiger partial charge in [-0.25, -0.2) is 13.9 Å². The van der Waals surface area contributed by atoms with Gasteiger partial charge in [0.25, 0.3) is 0 Å². The summed E-state index contributed by atoms with van der Waals surface area (Å²) >= 11 is 0. The largest absolute Gasteiger partial charge is 0.478 e. The third-order valence-electron chi connectivity index (χ3n) is 4.14. The van der Waals surface area contributed by atoms with Crippen molar-refractivity contribution in [2.75, 3.05) is 27.4 Å². The summed E-state index contributed by atoms with van der Waals surface area (Å²) in [5.74, 6) is 0. The van der Waals surface area contributed by atoms with E-state index in [0.29, 0.717) is 0 Å². The molecule has 0 atom stereocenters. The molecule has 8 nitrogen and oxygen atoms in total. The van der Waals surface area contributed by atoms with Crippen molar-refractivity contribution in [3.8, 4) is 0 Å². The second kappa shape index (κ2) is 10.6. The Hall–Kier alpha value is -1.70. The van der Waals surface area contributed by atoms with E-state index in [9.17, 15) is 9.36 Å². The third-order valence-corrected chi connectivity index (χ3v) is 5.92. The summed E-state index contributed by atoms with van der Waals surface area (Å²) in [6.07, 6.45) is 1.21. The number of carbonyl (C=O) groups is 1. The number of hydrogen-bond acceptors (Lipinski definition) is 7. The van der Waals surface area contributed by atoms with Crippen LogP contribution in [0.5, 0.6) is 0 Å². The monoisotopic (exact) mass is 440 g/mol. The van der Waals surface area contributed by atoms with Crippen molar-refractivity contribution >= 4 is 24.8 Å². The first-order valence-electron chi connectivity index (χ1n) is 10.0. The van der Waals surface area contributed by atoms with Crippen molar-refractivity contribution in [3.05, 3.63) is 35.5 Å². The molecule has 0 amide bonds. The smallest absolute Gasteiger partial charge is 0.421 e. The summed E-state index contributed by atoms with van der Waals surface area (Å²) in [6, 6.07) is 5.89. The highest BCUT2D eigenvalue weighted by Gasteiger charge is 2.30. The van der Waals surface area contributed by atoms with Gasteiger partial charge in [-0.05, 0) is 72.8 Å². The van der Waals surface area contributed by atoms with Crippen molar-refractivity contribution in [2.24, 2.45) is 0 Å². The Labute approximate surface area is 178 Å². The number of aryl methyl sites for hydroxylation is 1. The number of hydrogen-bond donors (Lipinski definition) is 0. The van der Waals surface area contributed by atoms with Gasteiger partial charge in [0.1, 0.15) is 0 Å². The van der Waals surface area contributed by atoms with Crippen LogP contribution in [0, 0.1) is 6.92 Å². The Kier molecular flexibility index (Phi) is 8.64. The van der Waals surface area contributed by atoms with Gasteiger partial charge < -0.3 is 9.64 Å². The molecule has 1 aromatic carbocycles. The average Bonchev–Trinajstić information content (AvgIpc) is 2.96. The molecule has 9 heteroatoms. The predicted octanol–water partition coefficient (Wildman–Crippen LogP) is 4.97. The van der Waals surface area contributed by atoms with Crippen LogP contribution in [0.1, 0.15) is 38.8 Å². The minimum absolute atomic E-state index is 0.374. The molecule has 2 rings (SSSR count). The highest BCUT2D eigenvalue weighted by molar-refractivity contribution is 7.48. The minimum atomic E-state index is -3.84. The van der Waals surface area contributed by atoms with Crippen molar-refractivity contribution in [1.82, 2.24) is 9.47 Å². The topological polar surface area (TPSA) is 79.2 Å². The SMILES string of the molecule is Cc1ccc2c(c1)c(CCN(C)C)cn2C(=O)OCOP(=O)(OC(C)C)OC(C)C. The molecule has 0 spiro atoms. The summed E-state index contributed by atoms with van der Waals surface area (Å²) in [6.45, 7) is 9.19. The number of likely N-dealkylation sites (N-methyl/N-ethyl adjacent to an activating group) is 1. The summed E-state index contributed by atoms with van der Waals surface area (Å²) in [5.41, 5.74) is 2.91. The van der Waals surface area contributed by atoms with E-state index >= 15 is 0 Å². The van der Waals surface area contributed by atoms with Gasteiger partial charge in [0.05, 0.1) is 17.7 Å². The van der Waals surface area contributed by atoms with Crippen LogP contribution in [0.2, 0.25) is 0 Å². The van der Waals surface area contributed by atoms with Gasteiger partial charge in [0.15, 0.2) is 0 Å². The number of benzene rings is 1. The molecule has 2 aromatic rings. The summed E-state index contributed by atoms with van der Waals surface area (Å²) in [4.78, 5) is 14.8. The number of nitrogens with zero attached hydrogens (tertiary/aromatic N) is 2. The van der Waals surface area contributed by atoms with Crippen molar-refractivity contribution in [2.45, 2.75) is 53.2 Å². The fourth-order valence-corrected chi connectivity index (χ4v) is 4.31. The Bertz CT molecular complexity index is 892. The molecule has 0 bridgehead atoms. The van der Waals surface area contributed by atoms with Gasteiger partial charge in [-0.2, -0.15) is 0 Å². The van der Waals surface area contributed by atoms with Gasteiger partial charge in [-0.1, -0.05) is 11.6 Å². The number of phosphoric acid groups is 1. The van der Waals surface area contributed by atoms with Crippen LogP contribution in [-0.2, 0) is 29.3 Å². The number of carbonyl (C=O) groups excluding carboxylic acids is 1. The van der Waals surface area contributed by atoms with E-state index in [0.717, 1.165) is 35.0 Å². The highest BCUT2D eigenvalue weighted by atomic mass is 31.2. The van der Waals surface area contributed by atoms with Gasteiger partial charge in [0, 0.05) is 18.1 Å². The van der Waals surface area contributed by atoms with E-state index in [-0.39, 0.29) is 12.2 Å². The van der Waals surface area contributed by atoms with Gasteiger partial charge in [-0.3, -0.25) is 13.6 Å². The Morgan fingerprint density at radius 3 is 2.33 bits per heavy atom. The van der Waals surface area contributed by atoms with Crippen molar-refractivity contribution in [3.63, 3.8) is 0 Å². The van der Waals surface area contributed by atoms with E-state index in [1.54, 1.807) is 33.9 Å². The van der Waals surface area contributed by atoms with E-state index in [1.165, 1.54) is 4.57 Å². The molecule has 1 heterocycles. The van der Waals surface area contributed by atoms with Crippen molar-refractivity contribution < 1.29 is 27.7 Å². The maximum absolute atomic E-state index is 12.7. The van der Waals surface area contributed by atoms with E-state index < -0.39 is 20.7 Å². The maximum Gasteiger partial charge on any atom is 0.478 e. The van der Waals surface area contributed by atoms with Crippen LogP contribution in [0.4, 0.5) is 4.79 Å². The molecule has 30 heavy (non-hydrogen) atoms. The fraction of sp³-hybridized carbons (Fsp3) is 0.571. The summed E-state index contributed by atoms with van der Waals surface area (Å²) in [5, 5.41) is 1.01. The second-order valence-electron chi connectivity index (χ2n) is 8.01. The molecule has 0 saturated heterocycles. The lowest BCUT2D eigenvalue weighted by atomic mass is 10.1. The van der Waals surface area contributed by atoms with Gasteiger partial charge in [0.2, 0.25) is 6.79 Å². The number of phosphoric ester groups is 1. The zero-order chi connectivity index (χ0) is 22.5. The first-order valence-corrected chi connectivity index (χ1v) is 11.5. The molecular formula is C21H33N2O6P. The van der Waals surface area contributed by atoms with Crippen molar-refractivity contribution in [1.29, 1.82) is 0 Å². The molecule has 0 aliphatic carbocycles. The van der Waals surface area contributed by atoms with Crippen LogP contribution in [0.25, 0.3) is 10.9 Å². The fourth-order valence-electron chi connectivity index (χ4n) is 2.92. The summed E-state index contributed by atoms with van der Waals surface area (Å²) in [7, 11) is 0.171. The van der Waals surface area contributed by atoms with Crippen LogP contribution in [0.15, 0.2) is 24.4 Å². The highest BCUT2D eigenvalue weighted by Crippen LogP contribution is 2.51. The quantitative estimate of drug-likeness (QED) is 0.381.